The molecule has 0 aliphatic carbocycles. The zero-order valence-corrected chi connectivity index (χ0v) is 12.0. The lowest BCUT2D eigenvalue weighted by molar-refractivity contribution is 0.0690. The molecule has 0 spiro atoms. The first-order chi connectivity index (χ1) is 8.93. The minimum Gasteiger partial charge on any atom is -0.490 e. The van der Waals surface area contributed by atoms with Crippen LogP contribution in [0.15, 0.2) is 18.5 Å². The van der Waals surface area contributed by atoms with Crippen molar-refractivity contribution in [3.05, 3.63) is 24.0 Å². The summed E-state index contributed by atoms with van der Waals surface area (Å²) in [5, 5.41) is 9.03. The van der Waals surface area contributed by atoms with Crippen LogP contribution in [0.3, 0.4) is 0 Å². The number of carbonyl (C=O) groups is 1. The third kappa shape index (κ3) is 4.52. The Morgan fingerprint density at radius 3 is 2.53 bits per heavy atom. The van der Waals surface area contributed by atoms with Crippen LogP contribution in [-0.2, 0) is 0 Å². The molecule has 106 valence electrons. The highest BCUT2D eigenvalue weighted by molar-refractivity contribution is 5.90. The van der Waals surface area contributed by atoms with Crippen molar-refractivity contribution in [2.75, 3.05) is 13.2 Å². The molecule has 1 rings (SSSR count). The van der Waals surface area contributed by atoms with Crippen LogP contribution < -0.4 is 4.74 Å². The number of ether oxygens (including phenoxy) is 1. The summed E-state index contributed by atoms with van der Waals surface area (Å²) in [4.78, 5) is 17.2. The van der Waals surface area contributed by atoms with E-state index in [1.165, 1.54) is 18.5 Å². The van der Waals surface area contributed by atoms with Gasteiger partial charge in [0.15, 0.2) is 5.75 Å². The van der Waals surface area contributed by atoms with E-state index in [2.05, 4.69) is 37.6 Å². The zero-order chi connectivity index (χ0) is 14.4. The van der Waals surface area contributed by atoms with Gasteiger partial charge >= 0.3 is 5.97 Å². The summed E-state index contributed by atoms with van der Waals surface area (Å²) in [5.41, 5.74) is 0.149. The molecular weight excluding hydrogens is 244 g/mol. The van der Waals surface area contributed by atoms with Crippen LogP contribution in [0.5, 0.6) is 5.75 Å². The fourth-order valence-electron chi connectivity index (χ4n) is 2.05. The molecule has 1 aromatic rings. The minimum absolute atomic E-state index is 0.149. The normalized spacial score (nSPS) is 11.3. The van der Waals surface area contributed by atoms with Crippen molar-refractivity contribution < 1.29 is 14.6 Å². The van der Waals surface area contributed by atoms with Crippen LogP contribution in [-0.4, -0.2) is 46.2 Å². The maximum Gasteiger partial charge on any atom is 0.339 e. The van der Waals surface area contributed by atoms with E-state index in [9.17, 15) is 4.79 Å². The fraction of sp³-hybridized carbons (Fsp3) is 0.571. The number of aromatic carboxylic acids is 1. The van der Waals surface area contributed by atoms with Crippen LogP contribution in [0, 0.1) is 0 Å². The molecule has 5 heteroatoms. The highest BCUT2D eigenvalue weighted by Crippen LogP contribution is 2.16. The first-order valence-corrected chi connectivity index (χ1v) is 6.49. The van der Waals surface area contributed by atoms with Crippen molar-refractivity contribution >= 4 is 5.97 Å². The van der Waals surface area contributed by atoms with Gasteiger partial charge in [-0.15, -0.1) is 0 Å². The van der Waals surface area contributed by atoms with Crippen LogP contribution in [0.25, 0.3) is 0 Å². The molecule has 0 aliphatic heterocycles. The molecule has 0 fully saturated rings. The molecule has 0 saturated heterocycles. The van der Waals surface area contributed by atoms with Gasteiger partial charge in [0.1, 0.15) is 12.2 Å². The molecule has 19 heavy (non-hydrogen) atoms. The third-order valence-corrected chi connectivity index (χ3v) is 2.95. The number of aromatic nitrogens is 1. The molecule has 0 saturated carbocycles. The minimum atomic E-state index is -0.998. The van der Waals surface area contributed by atoms with E-state index in [-0.39, 0.29) is 5.56 Å². The summed E-state index contributed by atoms with van der Waals surface area (Å²) in [5.74, 6) is -0.676. The average molecular weight is 266 g/mol. The van der Waals surface area contributed by atoms with Gasteiger partial charge in [0, 0.05) is 24.8 Å². The smallest absolute Gasteiger partial charge is 0.339 e. The van der Waals surface area contributed by atoms with E-state index in [1.807, 2.05) is 0 Å². The van der Waals surface area contributed by atoms with Crippen molar-refractivity contribution in [2.45, 2.75) is 39.8 Å². The van der Waals surface area contributed by atoms with Crippen molar-refractivity contribution in [3.63, 3.8) is 0 Å². The van der Waals surface area contributed by atoms with Gasteiger partial charge in [-0.25, -0.2) is 4.79 Å². The molecule has 0 atom stereocenters. The van der Waals surface area contributed by atoms with Crippen LogP contribution in [0.4, 0.5) is 0 Å². The first kappa shape index (κ1) is 15.4. The molecule has 0 bridgehead atoms. The van der Waals surface area contributed by atoms with E-state index in [1.54, 1.807) is 0 Å². The van der Waals surface area contributed by atoms with E-state index in [0.717, 1.165) is 6.54 Å². The lowest BCUT2D eigenvalue weighted by Gasteiger charge is -2.30. The van der Waals surface area contributed by atoms with Gasteiger partial charge in [0.05, 0.1) is 6.20 Å². The summed E-state index contributed by atoms with van der Waals surface area (Å²) < 4.78 is 5.54. The number of carboxylic acid groups (broad SMARTS) is 1. The van der Waals surface area contributed by atoms with Crippen molar-refractivity contribution in [1.82, 2.24) is 9.88 Å². The standard InChI is InChI=1S/C14H22N2O3/c1-10(2)16(11(3)4)7-8-19-13-9-15-6-5-12(13)14(17)18/h5-6,9-11H,7-8H2,1-4H3,(H,17,18). The maximum absolute atomic E-state index is 11.0. The van der Waals surface area contributed by atoms with Crippen LogP contribution in [0.2, 0.25) is 0 Å². The molecule has 1 aromatic heterocycles. The second-order valence-corrected chi connectivity index (χ2v) is 4.95. The molecule has 1 N–H and O–H groups in total. The molecule has 0 aromatic carbocycles. The number of rotatable bonds is 7. The average Bonchev–Trinajstić information content (AvgIpc) is 2.33. The summed E-state index contributed by atoms with van der Waals surface area (Å²) >= 11 is 0. The molecule has 5 nitrogen and oxygen atoms in total. The number of hydrogen-bond acceptors (Lipinski definition) is 4. The molecule has 0 unspecified atom stereocenters. The highest BCUT2D eigenvalue weighted by Gasteiger charge is 2.14. The predicted octanol–water partition coefficient (Wildman–Crippen LogP) is 2.28. The van der Waals surface area contributed by atoms with Crippen molar-refractivity contribution in [1.29, 1.82) is 0 Å². The Labute approximate surface area is 114 Å². The third-order valence-electron chi connectivity index (χ3n) is 2.95. The van der Waals surface area contributed by atoms with Crippen LogP contribution >= 0.6 is 0 Å². The number of pyridine rings is 1. The highest BCUT2D eigenvalue weighted by atomic mass is 16.5. The Morgan fingerprint density at radius 1 is 1.37 bits per heavy atom. The molecule has 0 aliphatic rings. The van der Waals surface area contributed by atoms with Gasteiger partial charge in [-0.2, -0.15) is 0 Å². The molecular formula is C14H22N2O3. The first-order valence-electron chi connectivity index (χ1n) is 6.49. The second-order valence-electron chi connectivity index (χ2n) is 4.95. The predicted molar refractivity (Wildman–Crippen MR) is 73.7 cm³/mol. The summed E-state index contributed by atoms with van der Waals surface area (Å²) in [6, 6.07) is 2.30. The summed E-state index contributed by atoms with van der Waals surface area (Å²) in [7, 11) is 0. The number of hydrogen-bond donors (Lipinski definition) is 1. The Morgan fingerprint density at radius 2 is 2.00 bits per heavy atom. The second kappa shape index (κ2) is 7.09. The SMILES string of the molecule is CC(C)N(CCOc1cnccc1C(=O)O)C(C)C. The van der Waals surface area contributed by atoms with E-state index < -0.39 is 5.97 Å². The van der Waals surface area contributed by atoms with Gasteiger partial charge in [-0.05, 0) is 33.8 Å². The summed E-state index contributed by atoms with van der Waals surface area (Å²) in [6.45, 7) is 9.73. The van der Waals surface area contributed by atoms with Crippen molar-refractivity contribution in [2.24, 2.45) is 0 Å². The van der Waals surface area contributed by atoms with Gasteiger partial charge in [-0.1, -0.05) is 0 Å². The monoisotopic (exact) mass is 266 g/mol. The maximum atomic E-state index is 11.0. The topological polar surface area (TPSA) is 62.7 Å². The van der Waals surface area contributed by atoms with Crippen LogP contribution in [0.1, 0.15) is 38.1 Å². The van der Waals surface area contributed by atoms with Gasteiger partial charge in [0.2, 0.25) is 0 Å². The molecule has 0 amide bonds. The molecule has 1 heterocycles. The zero-order valence-electron chi connectivity index (χ0n) is 12.0. The largest absolute Gasteiger partial charge is 0.490 e. The lowest BCUT2D eigenvalue weighted by atomic mass is 10.2. The quantitative estimate of drug-likeness (QED) is 0.820. The Bertz CT molecular complexity index is 411. The Hall–Kier alpha value is -1.62. The van der Waals surface area contributed by atoms with Gasteiger partial charge in [-0.3, -0.25) is 9.88 Å². The number of nitrogens with zero attached hydrogens (tertiary/aromatic N) is 2. The van der Waals surface area contributed by atoms with Gasteiger partial charge < -0.3 is 9.84 Å². The summed E-state index contributed by atoms with van der Waals surface area (Å²) in [6.07, 6.45) is 2.89. The fourth-order valence-corrected chi connectivity index (χ4v) is 2.05. The van der Waals surface area contributed by atoms with E-state index in [0.29, 0.717) is 24.4 Å². The lowest BCUT2D eigenvalue weighted by Crippen LogP contribution is -2.39. The number of carboxylic acids is 1. The Kier molecular flexibility index (Phi) is 5.76. The molecule has 0 radical (unpaired) electrons. The van der Waals surface area contributed by atoms with Gasteiger partial charge in [0.25, 0.3) is 0 Å². The van der Waals surface area contributed by atoms with E-state index in [4.69, 9.17) is 9.84 Å². The van der Waals surface area contributed by atoms with Crippen molar-refractivity contribution in [3.8, 4) is 5.75 Å². The van der Waals surface area contributed by atoms with E-state index >= 15 is 0 Å². The Balaban J connectivity index is 2.60.